The molecular weight excluding hydrogens is 358 g/mol. The quantitative estimate of drug-likeness (QED) is 0.636. The summed E-state index contributed by atoms with van der Waals surface area (Å²) < 4.78 is 1.84. The lowest BCUT2D eigenvalue weighted by molar-refractivity contribution is -0.123. The van der Waals surface area contributed by atoms with Crippen molar-refractivity contribution in [1.82, 2.24) is 9.47 Å². The molecule has 6 heteroatoms. The number of imide groups is 1. The van der Waals surface area contributed by atoms with Gasteiger partial charge in [-0.3, -0.25) is 14.5 Å². The van der Waals surface area contributed by atoms with Gasteiger partial charge in [-0.25, -0.2) is 0 Å². The fraction of sp³-hybridized carbons (Fsp3) is 0.0952. The summed E-state index contributed by atoms with van der Waals surface area (Å²) in [7, 11) is 0. The highest BCUT2D eigenvalue weighted by Gasteiger charge is 2.35. The monoisotopic (exact) mass is 373 g/mol. The molecule has 0 spiro atoms. The van der Waals surface area contributed by atoms with Crippen LogP contribution in [0.1, 0.15) is 11.1 Å². The van der Waals surface area contributed by atoms with Crippen molar-refractivity contribution in [3.05, 3.63) is 76.8 Å². The van der Waals surface area contributed by atoms with Gasteiger partial charge in [0.2, 0.25) is 0 Å². The number of hydrogen-bond donors (Lipinski definition) is 0. The SMILES string of the molecule is N#CCn1cc(C=C2SC(=O)N(Cc3ccccc3)C2=O)c2ccccc21. The molecule has 27 heavy (non-hydrogen) atoms. The summed E-state index contributed by atoms with van der Waals surface area (Å²) in [6.45, 7) is 0.489. The van der Waals surface area contributed by atoms with Gasteiger partial charge in [0, 0.05) is 22.7 Å². The normalized spacial score (nSPS) is 15.7. The van der Waals surface area contributed by atoms with Gasteiger partial charge < -0.3 is 4.57 Å². The van der Waals surface area contributed by atoms with E-state index in [1.807, 2.05) is 65.4 Å². The largest absolute Gasteiger partial charge is 0.333 e. The van der Waals surface area contributed by atoms with Crippen molar-refractivity contribution >= 4 is 39.9 Å². The predicted octanol–water partition coefficient (Wildman–Crippen LogP) is 4.40. The number of hydrogen-bond acceptors (Lipinski definition) is 4. The van der Waals surface area contributed by atoms with Gasteiger partial charge in [-0.05, 0) is 29.5 Å². The summed E-state index contributed by atoms with van der Waals surface area (Å²) in [4.78, 5) is 26.8. The second-order valence-corrected chi connectivity index (χ2v) is 7.13. The molecule has 0 radical (unpaired) electrons. The number of nitriles is 1. The van der Waals surface area contributed by atoms with E-state index in [1.54, 1.807) is 6.08 Å². The van der Waals surface area contributed by atoms with Crippen molar-refractivity contribution in [2.75, 3.05) is 0 Å². The number of rotatable bonds is 4. The number of carbonyl (C=O) groups is 2. The zero-order chi connectivity index (χ0) is 18.8. The highest BCUT2D eigenvalue weighted by atomic mass is 32.2. The molecule has 4 rings (SSSR count). The van der Waals surface area contributed by atoms with Crippen LogP contribution in [0.5, 0.6) is 0 Å². The Kier molecular flexibility index (Phi) is 4.53. The molecule has 0 unspecified atom stereocenters. The molecule has 132 valence electrons. The van der Waals surface area contributed by atoms with Crippen LogP contribution >= 0.6 is 11.8 Å². The van der Waals surface area contributed by atoms with Crippen molar-refractivity contribution in [1.29, 1.82) is 5.26 Å². The molecule has 3 aromatic rings. The van der Waals surface area contributed by atoms with Crippen LogP contribution in [-0.4, -0.2) is 20.6 Å². The molecule has 0 saturated carbocycles. The summed E-state index contributed by atoms with van der Waals surface area (Å²) in [5.41, 5.74) is 2.66. The molecule has 2 aromatic carbocycles. The molecule has 1 aliphatic rings. The first-order valence-electron chi connectivity index (χ1n) is 8.41. The third kappa shape index (κ3) is 3.25. The fourth-order valence-corrected chi connectivity index (χ4v) is 3.97. The van der Waals surface area contributed by atoms with Gasteiger partial charge in [0.05, 0.1) is 17.5 Å². The van der Waals surface area contributed by atoms with Crippen molar-refractivity contribution in [2.45, 2.75) is 13.1 Å². The fourth-order valence-electron chi connectivity index (χ4n) is 3.14. The van der Waals surface area contributed by atoms with E-state index in [0.29, 0.717) is 4.91 Å². The molecule has 0 bridgehead atoms. The molecule has 2 heterocycles. The number of benzene rings is 2. The number of nitrogens with zero attached hydrogens (tertiary/aromatic N) is 3. The maximum Gasteiger partial charge on any atom is 0.293 e. The van der Waals surface area contributed by atoms with E-state index in [-0.39, 0.29) is 24.2 Å². The smallest absolute Gasteiger partial charge is 0.293 e. The topological polar surface area (TPSA) is 66.1 Å². The minimum absolute atomic E-state index is 0.226. The third-order valence-electron chi connectivity index (χ3n) is 4.40. The number of carbonyl (C=O) groups excluding carboxylic acids is 2. The zero-order valence-electron chi connectivity index (χ0n) is 14.3. The first-order chi connectivity index (χ1) is 13.2. The third-order valence-corrected chi connectivity index (χ3v) is 5.31. The Morgan fingerprint density at radius 2 is 1.78 bits per heavy atom. The average molecular weight is 373 g/mol. The Balaban J connectivity index is 1.67. The molecule has 1 fully saturated rings. The van der Waals surface area contributed by atoms with E-state index >= 15 is 0 Å². The molecule has 0 N–H and O–H groups in total. The Bertz CT molecular complexity index is 1110. The lowest BCUT2D eigenvalue weighted by atomic mass is 10.1. The molecular formula is C21H15N3O2S. The van der Waals surface area contributed by atoms with Crippen LogP contribution in [-0.2, 0) is 17.9 Å². The van der Waals surface area contributed by atoms with Gasteiger partial charge in [0.1, 0.15) is 6.54 Å². The number of aromatic nitrogens is 1. The molecule has 0 aliphatic carbocycles. The lowest BCUT2D eigenvalue weighted by Crippen LogP contribution is -2.27. The minimum atomic E-state index is -0.286. The van der Waals surface area contributed by atoms with Gasteiger partial charge >= 0.3 is 0 Å². The number of fused-ring (bicyclic) bond motifs is 1. The first-order valence-corrected chi connectivity index (χ1v) is 9.23. The average Bonchev–Trinajstić information content (AvgIpc) is 3.16. The number of para-hydroxylation sites is 1. The summed E-state index contributed by atoms with van der Waals surface area (Å²) in [6.07, 6.45) is 3.59. The highest BCUT2D eigenvalue weighted by molar-refractivity contribution is 8.18. The van der Waals surface area contributed by atoms with Gasteiger partial charge in [-0.15, -0.1) is 0 Å². The minimum Gasteiger partial charge on any atom is -0.333 e. The Morgan fingerprint density at radius 1 is 1.04 bits per heavy atom. The van der Waals surface area contributed by atoms with Crippen molar-refractivity contribution in [3.8, 4) is 6.07 Å². The van der Waals surface area contributed by atoms with Gasteiger partial charge in [0.25, 0.3) is 11.1 Å². The first kappa shape index (κ1) is 17.1. The lowest BCUT2D eigenvalue weighted by Gasteiger charge is -2.12. The zero-order valence-corrected chi connectivity index (χ0v) is 15.1. The van der Waals surface area contributed by atoms with E-state index < -0.39 is 0 Å². The standard InChI is InChI=1S/C21H15N3O2S/c22-10-11-23-14-16(17-8-4-5-9-18(17)23)12-19-20(25)24(21(26)27-19)13-15-6-2-1-3-7-15/h1-9,12,14H,11,13H2. The van der Waals surface area contributed by atoms with Crippen LogP contribution in [0.2, 0.25) is 0 Å². The van der Waals surface area contributed by atoms with Crippen LogP contribution in [0.25, 0.3) is 17.0 Å². The maximum absolute atomic E-state index is 12.8. The summed E-state index contributed by atoms with van der Waals surface area (Å²) >= 11 is 0.951. The number of thioether (sulfide) groups is 1. The van der Waals surface area contributed by atoms with E-state index in [2.05, 4.69) is 6.07 Å². The van der Waals surface area contributed by atoms with E-state index in [9.17, 15) is 9.59 Å². The second kappa shape index (κ2) is 7.14. The summed E-state index contributed by atoms with van der Waals surface area (Å²) in [5.74, 6) is -0.286. The van der Waals surface area contributed by atoms with Crippen LogP contribution < -0.4 is 0 Å². The van der Waals surface area contributed by atoms with Crippen LogP contribution in [0.3, 0.4) is 0 Å². The van der Waals surface area contributed by atoms with Crippen molar-refractivity contribution in [2.24, 2.45) is 0 Å². The maximum atomic E-state index is 12.8. The predicted molar refractivity (Wildman–Crippen MR) is 106 cm³/mol. The highest BCUT2D eigenvalue weighted by Crippen LogP contribution is 2.35. The second-order valence-electron chi connectivity index (χ2n) is 6.14. The number of amides is 2. The van der Waals surface area contributed by atoms with Gasteiger partial charge in [-0.2, -0.15) is 5.26 Å². The van der Waals surface area contributed by atoms with Crippen molar-refractivity contribution < 1.29 is 9.59 Å². The molecule has 1 aromatic heterocycles. The molecule has 2 amide bonds. The van der Waals surface area contributed by atoms with E-state index in [1.165, 1.54) is 4.90 Å². The molecule has 5 nitrogen and oxygen atoms in total. The van der Waals surface area contributed by atoms with E-state index in [4.69, 9.17) is 5.26 Å². The van der Waals surface area contributed by atoms with E-state index in [0.717, 1.165) is 33.8 Å². The van der Waals surface area contributed by atoms with Crippen LogP contribution in [0.15, 0.2) is 65.7 Å². The molecule has 1 saturated heterocycles. The summed E-state index contributed by atoms with van der Waals surface area (Å²) in [5, 5.41) is 9.71. The van der Waals surface area contributed by atoms with Gasteiger partial charge in [-0.1, -0.05) is 48.5 Å². The Labute approximate surface area is 160 Å². The summed E-state index contributed by atoms with van der Waals surface area (Å²) in [6, 6.07) is 19.3. The Morgan fingerprint density at radius 3 is 2.56 bits per heavy atom. The van der Waals surface area contributed by atoms with Crippen LogP contribution in [0, 0.1) is 11.3 Å². The van der Waals surface area contributed by atoms with Crippen molar-refractivity contribution in [3.63, 3.8) is 0 Å². The Hall–Kier alpha value is -3.30. The van der Waals surface area contributed by atoms with Gasteiger partial charge in [0.15, 0.2) is 0 Å². The van der Waals surface area contributed by atoms with Crippen LogP contribution in [0.4, 0.5) is 4.79 Å². The molecule has 1 aliphatic heterocycles. The molecule has 0 atom stereocenters.